The summed E-state index contributed by atoms with van der Waals surface area (Å²) >= 11 is 6.04. The van der Waals surface area contributed by atoms with Crippen molar-refractivity contribution in [2.45, 2.75) is 37.5 Å². The molecule has 0 amide bonds. The van der Waals surface area contributed by atoms with Gasteiger partial charge in [-0.1, -0.05) is 30.2 Å². The third-order valence-corrected chi connectivity index (χ3v) is 7.96. The molecule has 0 aromatic heterocycles. The highest BCUT2D eigenvalue weighted by molar-refractivity contribution is 7.90. The van der Waals surface area contributed by atoms with Crippen molar-refractivity contribution >= 4 is 21.4 Å². The molecule has 1 fully saturated rings. The first kappa shape index (κ1) is 21.6. The topological polar surface area (TPSA) is 43.4 Å². The Morgan fingerprint density at radius 2 is 1.83 bits per heavy atom. The van der Waals surface area contributed by atoms with Crippen LogP contribution in [0, 0.1) is 23.5 Å². The van der Waals surface area contributed by atoms with Gasteiger partial charge < -0.3 is 4.74 Å². The summed E-state index contributed by atoms with van der Waals surface area (Å²) in [5.41, 5.74) is 0.649. The maximum atomic E-state index is 15.2. The smallest absolute Gasteiger partial charge is 0.165 e. The number of halogens is 3. The fraction of sp³-hybridized carbons (Fsp3) is 0.478. The molecule has 1 aliphatic heterocycles. The van der Waals surface area contributed by atoms with Gasteiger partial charge in [-0.3, -0.25) is 0 Å². The molecule has 0 bridgehead atoms. The molecule has 1 saturated carbocycles. The van der Waals surface area contributed by atoms with Crippen molar-refractivity contribution in [2.75, 3.05) is 18.6 Å². The van der Waals surface area contributed by atoms with Crippen molar-refractivity contribution in [3.63, 3.8) is 0 Å². The standard InChI is InChI=1S/C23H25ClF2O3S/c1-30(27,28)12-10-16-3-2-11-23(13-15-4-6-17(24)7-5-15)18(16)14-29-22-20(26)9-8-19(25)21(22)23/h4-9,16,18H,2-3,10-14H2,1H3/t16-,18-,23-/m0/s1. The number of hydrogen-bond acceptors (Lipinski definition) is 3. The third-order valence-electron chi connectivity index (χ3n) is 6.73. The van der Waals surface area contributed by atoms with Gasteiger partial charge in [0.25, 0.3) is 0 Å². The van der Waals surface area contributed by atoms with E-state index in [2.05, 4.69) is 0 Å². The molecule has 3 nitrogen and oxygen atoms in total. The van der Waals surface area contributed by atoms with E-state index >= 15 is 4.39 Å². The highest BCUT2D eigenvalue weighted by Crippen LogP contribution is 2.55. The van der Waals surface area contributed by atoms with Gasteiger partial charge in [-0.25, -0.2) is 17.2 Å². The van der Waals surface area contributed by atoms with Gasteiger partial charge in [0.1, 0.15) is 15.7 Å². The van der Waals surface area contributed by atoms with Crippen LogP contribution in [0.4, 0.5) is 8.78 Å². The lowest BCUT2D eigenvalue weighted by Gasteiger charge is -2.52. The van der Waals surface area contributed by atoms with Crippen LogP contribution >= 0.6 is 11.6 Å². The Morgan fingerprint density at radius 3 is 2.53 bits per heavy atom. The first-order valence-corrected chi connectivity index (χ1v) is 12.7. The molecule has 7 heteroatoms. The average molecular weight is 455 g/mol. The van der Waals surface area contributed by atoms with Crippen molar-refractivity contribution in [1.82, 2.24) is 0 Å². The second-order valence-corrected chi connectivity index (χ2v) is 11.4. The van der Waals surface area contributed by atoms with Gasteiger partial charge in [0, 0.05) is 28.2 Å². The van der Waals surface area contributed by atoms with Crippen LogP contribution in [-0.2, 0) is 21.7 Å². The van der Waals surface area contributed by atoms with Crippen LogP contribution < -0.4 is 4.74 Å². The molecule has 1 aliphatic carbocycles. The summed E-state index contributed by atoms with van der Waals surface area (Å²) in [6, 6.07) is 9.71. The third kappa shape index (κ3) is 4.09. The summed E-state index contributed by atoms with van der Waals surface area (Å²) in [5, 5.41) is 0.618. The predicted molar refractivity (Wildman–Crippen MR) is 114 cm³/mol. The van der Waals surface area contributed by atoms with Crippen LogP contribution in [0.15, 0.2) is 36.4 Å². The fourth-order valence-corrected chi connectivity index (χ4v) is 6.28. The van der Waals surface area contributed by atoms with Crippen LogP contribution in [0.3, 0.4) is 0 Å². The van der Waals surface area contributed by atoms with E-state index in [1.54, 1.807) is 12.1 Å². The first-order chi connectivity index (χ1) is 14.2. The summed E-state index contributed by atoms with van der Waals surface area (Å²) in [6.07, 6.45) is 4.65. The molecule has 4 rings (SSSR count). The van der Waals surface area contributed by atoms with Crippen molar-refractivity contribution < 1.29 is 21.9 Å². The van der Waals surface area contributed by atoms with Gasteiger partial charge in [-0.15, -0.1) is 0 Å². The van der Waals surface area contributed by atoms with Crippen LogP contribution in [0.5, 0.6) is 5.75 Å². The highest BCUT2D eigenvalue weighted by atomic mass is 35.5. The molecule has 162 valence electrons. The zero-order valence-electron chi connectivity index (χ0n) is 16.8. The summed E-state index contributed by atoms with van der Waals surface area (Å²) < 4.78 is 59.1. The van der Waals surface area contributed by atoms with Gasteiger partial charge in [-0.2, -0.15) is 0 Å². The molecule has 0 radical (unpaired) electrons. The van der Waals surface area contributed by atoms with Gasteiger partial charge in [0.15, 0.2) is 11.6 Å². The van der Waals surface area contributed by atoms with E-state index in [-0.39, 0.29) is 29.9 Å². The van der Waals surface area contributed by atoms with E-state index in [9.17, 15) is 12.8 Å². The molecule has 2 aromatic carbocycles. The van der Waals surface area contributed by atoms with E-state index < -0.39 is 26.9 Å². The van der Waals surface area contributed by atoms with Crippen molar-refractivity contribution in [3.05, 3.63) is 64.2 Å². The zero-order valence-corrected chi connectivity index (χ0v) is 18.4. The van der Waals surface area contributed by atoms with Crippen LogP contribution in [0.1, 0.15) is 36.8 Å². The Kier molecular flexibility index (Phi) is 5.84. The van der Waals surface area contributed by atoms with E-state index in [1.165, 1.54) is 12.3 Å². The number of sulfone groups is 1. The van der Waals surface area contributed by atoms with Crippen LogP contribution in [0.25, 0.3) is 0 Å². The largest absolute Gasteiger partial charge is 0.490 e. The summed E-state index contributed by atoms with van der Waals surface area (Å²) in [6.45, 7) is 0.259. The second kappa shape index (κ2) is 8.12. The van der Waals surface area contributed by atoms with E-state index in [0.29, 0.717) is 29.8 Å². The average Bonchev–Trinajstić information content (AvgIpc) is 2.69. The minimum absolute atomic E-state index is 0.00368. The van der Waals surface area contributed by atoms with E-state index in [1.807, 2.05) is 12.1 Å². The Bertz CT molecular complexity index is 1040. The Labute approximate surface area is 181 Å². The maximum Gasteiger partial charge on any atom is 0.165 e. The second-order valence-electron chi connectivity index (χ2n) is 8.68. The number of fused-ring (bicyclic) bond motifs is 3. The monoisotopic (exact) mass is 454 g/mol. The summed E-state index contributed by atoms with van der Waals surface area (Å²) in [4.78, 5) is 0. The quantitative estimate of drug-likeness (QED) is 0.612. The van der Waals surface area contributed by atoms with Gasteiger partial charge >= 0.3 is 0 Å². The van der Waals surface area contributed by atoms with Crippen molar-refractivity contribution in [2.24, 2.45) is 11.8 Å². The molecule has 0 N–H and O–H groups in total. The number of benzene rings is 2. The van der Waals surface area contributed by atoms with E-state index in [4.69, 9.17) is 16.3 Å². The predicted octanol–water partition coefficient (Wildman–Crippen LogP) is 5.34. The molecule has 0 unspecified atom stereocenters. The molecule has 0 saturated heterocycles. The van der Waals surface area contributed by atoms with Crippen LogP contribution in [-0.4, -0.2) is 27.0 Å². The fourth-order valence-electron chi connectivity index (χ4n) is 5.42. The zero-order chi connectivity index (χ0) is 21.5. The lowest BCUT2D eigenvalue weighted by Crippen LogP contribution is -2.51. The van der Waals surface area contributed by atoms with Crippen molar-refractivity contribution in [1.29, 1.82) is 0 Å². The van der Waals surface area contributed by atoms with Crippen LogP contribution in [0.2, 0.25) is 5.02 Å². The van der Waals surface area contributed by atoms with Gasteiger partial charge in [-0.05, 0) is 61.4 Å². The molecule has 0 spiro atoms. The molecule has 3 atom stereocenters. The molecular weight excluding hydrogens is 430 g/mol. The lowest BCUT2D eigenvalue weighted by atomic mass is 9.55. The van der Waals surface area contributed by atoms with Gasteiger partial charge in [0.2, 0.25) is 0 Å². The Balaban J connectivity index is 1.80. The number of ether oxygens (including phenoxy) is 1. The minimum Gasteiger partial charge on any atom is -0.490 e. The Hall–Kier alpha value is -1.66. The lowest BCUT2D eigenvalue weighted by molar-refractivity contribution is 0.0317. The molecule has 30 heavy (non-hydrogen) atoms. The highest BCUT2D eigenvalue weighted by Gasteiger charge is 2.52. The summed E-state index contributed by atoms with van der Waals surface area (Å²) in [5.74, 6) is -0.954. The first-order valence-electron chi connectivity index (χ1n) is 10.2. The van der Waals surface area contributed by atoms with E-state index in [0.717, 1.165) is 24.5 Å². The molecule has 2 aliphatic rings. The summed E-state index contributed by atoms with van der Waals surface area (Å²) in [7, 11) is -3.11. The maximum absolute atomic E-state index is 15.2. The van der Waals surface area contributed by atoms with Crippen molar-refractivity contribution in [3.8, 4) is 5.75 Å². The molecular formula is C23H25ClF2O3S. The molecule has 2 aromatic rings. The number of rotatable bonds is 5. The molecule has 1 heterocycles. The normalized spacial score (nSPS) is 25.9. The number of hydrogen-bond donors (Lipinski definition) is 0. The Morgan fingerprint density at radius 1 is 1.13 bits per heavy atom. The SMILES string of the molecule is CS(=O)(=O)CC[C@@H]1CCC[C@@]2(Cc3ccc(Cl)cc3)c3c(F)ccc(F)c3OC[C@@H]12. The van der Waals surface area contributed by atoms with Gasteiger partial charge in [0.05, 0.1) is 12.4 Å². The minimum atomic E-state index is -3.11.